The van der Waals surface area contributed by atoms with Crippen LogP contribution >= 0.6 is 11.6 Å². The van der Waals surface area contributed by atoms with E-state index < -0.39 is 10.0 Å². The summed E-state index contributed by atoms with van der Waals surface area (Å²) in [5.41, 5.74) is 1.39. The van der Waals surface area contributed by atoms with Gasteiger partial charge in [0.15, 0.2) is 0 Å². The number of anilines is 1. The molecule has 2 aliphatic heterocycles. The maximum absolute atomic E-state index is 13.4. The van der Waals surface area contributed by atoms with Crippen molar-refractivity contribution in [3.63, 3.8) is 0 Å². The topological polar surface area (TPSA) is 75.6 Å². The molecule has 3 aromatic rings. The first-order valence-corrected chi connectivity index (χ1v) is 12.6. The molecule has 0 N–H and O–H groups in total. The quantitative estimate of drug-likeness (QED) is 0.529. The lowest BCUT2D eigenvalue weighted by molar-refractivity contribution is 0.369. The van der Waals surface area contributed by atoms with Gasteiger partial charge in [0.2, 0.25) is 21.9 Å². The molecule has 0 amide bonds. The fourth-order valence-corrected chi connectivity index (χ4v) is 5.60. The smallest absolute Gasteiger partial charge is 0.243 e. The van der Waals surface area contributed by atoms with Gasteiger partial charge >= 0.3 is 0 Å². The Balaban J connectivity index is 1.51. The number of benzene rings is 2. The van der Waals surface area contributed by atoms with Crippen molar-refractivity contribution in [1.82, 2.24) is 14.3 Å². The summed E-state index contributed by atoms with van der Waals surface area (Å²) >= 11 is 5.92. The molecule has 0 radical (unpaired) electrons. The SMILES string of the molecule is O=S(=O)(c1ccc(Cl)cc1)N1CCc2nc(N3CCCC3)nc(Oc3ccc(F)cc3)c2C1. The first-order chi connectivity index (χ1) is 15.9. The van der Waals surface area contributed by atoms with Gasteiger partial charge in [-0.15, -0.1) is 0 Å². The van der Waals surface area contributed by atoms with Crippen molar-refractivity contribution in [2.75, 3.05) is 24.5 Å². The van der Waals surface area contributed by atoms with E-state index in [9.17, 15) is 12.8 Å². The first-order valence-electron chi connectivity index (χ1n) is 10.7. The van der Waals surface area contributed by atoms with Gasteiger partial charge in [0.1, 0.15) is 11.6 Å². The number of hydrogen-bond donors (Lipinski definition) is 0. The van der Waals surface area contributed by atoms with Crippen LogP contribution in [-0.2, 0) is 23.0 Å². The zero-order valence-corrected chi connectivity index (χ0v) is 19.3. The monoisotopic (exact) mass is 488 g/mol. The Kier molecular flexibility index (Phi) is 5.94. The van der Waals surface area contributed by atoms with Gasteiger partial charge < -0.3 is 9.64 Å². The molecule has 5 rings (SSSR count). The van der Waals surface area contributed by atoms with E-state index >= 15 is 0 Å². The van der Waals surface area contributed by atoms with Crippen molar-refractivity contribution in [1.29, 1.82) is 0 Å². The Morgan fingerprint density at radius 1 is 0.939 bits per heavy atom. The Morgan fingerprint density at radius 3 is 2.33 bits per heavy atom. The fraction of sp³-hybridized carbons (Fsp3) is 0.304. The summed E-state index contributed by atoms with van der Waals surface area (Å²) in [6.45, 7) is 2.11. The lowest BCUT2D eigenvalue weighted by Crippen LogP contribution is -2.37. The molecule has 0 unspecified atom stereocenters. The second kappa shape index (κ2) is 8.89. The molecule has 7 nitrogen and oxygen atoms in total. The number of hydrogen-bond acceptors (Lipinski definition) is 6. The van der Waals surface area contributed by atoms with Gasteiger partial charge in [0.05, 0.1) is 16.2 Å². The number of aromatic nitrogens is 2. The molecule has 2 aromatic carbocycles. The van der Waals surface area contributed by atoms with Gasteiger partial charge in [-0.25, -0.2) is 17.8 Å². The summed E-state index contributed by atoms with van der Waals surface area (Å²) < 4.78 is 47.3. The van der Waals surface area contributed by atoms with Crippen molar-refractivity contribution < 1.29 is 17.5 Å². The van der Waals surface area contributed by atoms with Crippen molar-refractivity contribution in [2.24, 2.45) is 0 Å². The Bertz CT molecular complexity index is 1260. The van der Waals surface area contributed by atoms with E-state index in [1.54, 1.807) is 12.1 Å². The molecular weight excluding hydrogens is 467 g/mol. The van der Waals surface area contributed by atoms with E-state index in [0.29, 0.717) is 41.1 Å². The number of halogens is 2. The van der Waals surface area contributed by atoms with E-state index in [-0.39, 0.29) is 17.3 Å². The van der Waals surface area contributed by atoms with Crippen LogP contribution in [0.25, 0.3) is 0 Å². The Labute approximate surface area is 196 Å². The summed E-state index contributed by atoms with van der Waals surface area (Å²) in [6.07, 6.45) is 2.58. The third-order valence-electron chi connectivity index (χ3n) is 5.84. The van der Waals surface area contributed by atoms with Crippen molar-refractivity contribution >= 4 is 27.6 Å². The Morgan fingerprint density at radius 2 is 1.64 bits per heavy atom. The van der Waals surface area contributed by atoms with Crippen molar-refractivity contribution in [3.8, 4) is 11.6 Å². The lowest BCUT2D eigenvalue weighted by Gasteiger charge is -2.29. The number of nitrogens with zero attached hydrogens (tertiary/aromatic N) is 4. The van der Waals surface area contributed by atoms with Crippen molar-refractivity contribution in [3.05, 3.63) is 70.6 Å². The maximum atomic E-state index is 13.4. The van der Waals surface area contributed by atoms with E-state index in [1.807, 2.05) is 0 Å². The zero-order valence-electron chi connectivity index (χ0n) is 17.7. The minimum Gasteiger partial charge on any atom is -0.438 e. The van der Waals surface area contributed by atoms with Crippen LogP contribution < -0.4 is 9.64 Å². The van der Waals surface area contributed by atoms with E-state index in [2.05, 4.69) is 9.88 Å². The van der Waals surface area contributed by atoms with Gasteiger partial charge in [-0.3, -0.25) is 0 Å². The molecule has 33 heavy (non-hydrogen) atoms. The van der Waals surface area contributed by atoms with Crippen LogP contribution in [-0.4, -0.2) is 42.3 Å². The zero-order chi connectivity index (χ0) is 23.0. The highest BCUT2D eigenvalue weighted by molar-refractivity contribution is 7.89. The fourth-order valence-electron chi connectivity index (χ4n) is 4.06. The molecule has 2 aliphatic rings. The highest BCUT2D eigenvalue weighted by Crippen LogP contribution is 2.34. The normalized spacial score (nSPS) is 16.6. The summed E-state index contributed by atoms with van der Waals surface area (Å²) in [7, 11) is -3.74. The Hall–Kier alpha value is -2.75. The predicted octanol–water partition coefficient (Wildman–Crippen LogP) is 4.41. The molecule has 1 fully saturated rings. The number of sulfonamides is 1. The second-order valence-corrected chi connectivity index (χ2v) is 10.4. The second-order valence-electron chi connectivity index (χ2n) is 8.05. The van der Waals surface area contributed by atoms with Gasteiger partial charge in [0, 0.05) is 37.6 Å². The highest BCUT2D eigenvalue weighted by atomic mass is 35.5. The van der Waals surface area contributed by atoms with Crippen LogP contribution in [0, 0.1) is 5.82 Å². The predicted molar refractivity (Wildman–Crippen MR) is 123 cm³/mol. The third-order valence-corrected chi connectivity index (χ3v) is 7.96. The molecule has 1 aromatic heterocycles. The largest absolute Gasteiger partial charge is 0.438 e. The number of fused-ring (bicyclic) bond motifs is 1. The van der Waals surface area contributed by atoms with Gasteiger partial charge in [-0.1, -0.05) is 11.6 Å². The standard InChI is InChI=1S/C23H22ClFN4O3S/c24-16-3-9-19(10-4-16)33(30,31)29-14-11-21-20(15-29)22(32-18-7-5-17(25)6-8-18)27-23(26-21)28-12-1-2-13-28/h3-10H,1-2,11-15H2. The molecule has 10 heteroatoms. The molecule has 0 saturated carbocycles. The van der Waals surface area contributed by atoms with Crippen LogP contribution in [0.2, 0.25) is 5.02 Å². The van der Waals surface area contributed by atoms with E-state index in [1.165, 1.54) is 40.7 Å². The van der Waals surface area contributed by atoms with Gasteiger partial charge in [0.25, 0.3) is 0 Å². The van der Waals surface area contributed by atoms with Crippen LogP contribution in [0.15, 0.2) is 53.4 Å². The van der Waals surface area contributed by atoms with Gasteiger partial charge in [-0.05, 0) is 61.4 Å². The molecule has 3 heterocycles. The van der Waals surface area contributed by atoms with Crippen LogP contribution in [0.3, 0.4) is 0 Å². The summed E-state index contributed by atoms with van der Waals surface area (Å²) in [6, 6.07) is 11.8. The third kappa shape index (κ3) is 4.53. The maximum Gasteiger partial charge on any atom is 0.243 e. The van der Waals surface area contributed by atoms with Crippen molar-refractivity contribution in [2.45, 2.75) is 30.7 Å². The highest BCUT2D eigenvalue weighted by Gasteiger charge is 2.32. The molecule has 0 aliphatic carbocycles. The molecule has 0 bridgehead atoms. The minimum absolute atomic E-state index is 0.0805. The minimum atomic E-state index is -3.74. The van der Waals surface area contributed by atoms with E-state index in [4.69, 9.17) is 21.3 Å². The molecule has 1 saturated heterocycles. The van der Waals surface area contributed by atoms with Crippen LogP contribution in [0.5, 0.6) is 11.6 Å². The average molecular weight is 489 g/mol. The average Bonchev–Trinajstić information content (AvgIpc) is 3.35. The summed E-state index contributed by atoms with van der Waals surface area (Å²) in [5.74, 6) is 0.925. The van der Waals surface area contributed by atoms with Crippen LogP contribution in [0.4, 0.5) is 10.3 Å². The van der Waals surface area contributed by atoms with Crippen LogP contribution in [0.1, 0.15) is 24.1 Å². The number of rotatable bonds is 5. The molecular formula is C23H22ClFN4O3S. The number of ether oxygens (including phenoxy) is 1. The van der Waals surface area contributed by atoms with E-state index in [0.717, 1.165) is 31.6 Å². The molecule has 0 atom stereocenters. The first kappa shape index (κ1) is 22.1. The lowest BCUT2D eigenvalue weighted by atomic mass is 10.1. The summed E-state index contributed by atoms with van der Waals surface area (Å²) in [5, 5.41) is 0.468. The summed E-state index contributed by atoms with van der Waals surface area (Å²) in [4.78, 5) is 11.7. The van der Waals surface area contributed by atoms with Gasteiger partial charge in [-0.2, -0.15) is 9.29 Å². The molecule has 172 valence electrons. The molecule has 0 spiro atoms.